The number of ether oxygens (including phenoxy) is 2. The molecule has 1 fully saturated rings. The first-order valence-corrected chi connectivity index (χ1v) is 25.7. The van der Waals surface area contributed by atoms with E-state index in [4.69, 9.17) is 9.47 Å². The molecule has 0 aromatic heterocycles. The Morgan fingerprint density at radius 3 is 1.22 bits per heavy atom. The van der Waals surface area contributed by atoms with E-state index in [0.29, 0.717) is 12.8 Å². The van der Waals surface area contributed by atoms with Crippen molar-refractivity contribution in [1.29, 1.82) is 0 Å². The molecule has 0 saturated carbocycles. The van der Waals surface area contributed by atoms with E-state index in [1.807, 2.05) is 0 Å². The molecule has 352 valence electrons. The molecule has 1 aliphatic heterocycles. The Hall–Kier alpha value is -0.810. The number of amides is 1. The highest BCUT2D eigenvalue weighted by Gasteiger charge is 2.43. The molecule has 6 N–H and O–H groups in total. The highest BCUT2D eigenvalue weighted by molar-refractivity contribution is 5.76. The molecule has 59 heavy (non-hydrogen) atoms. The molecule has 0 aliphatic carbocycles. The third-order valence-electron chi connectivity index (χ3n) is 12.8. The highest BCUT2D eigenvalue weighted by Crippen LogP contribution is 2.23. The van der Waals surface area contributed by atoms with Gasteiger partial charge in [-0.2, -0.15) is 0 Å². The van der Waals surface area contributed by atoms with Crippen molar-refractivity contribution in [2.75, 3.05) is 6.61 Å². The Morgan fingerprint density at radius 1 is 0.508 bits per heavy atom. The summed E-state index contributed by atoms with van der Waals surface area (Å²) >= 11 is 0. The van der Waals surface area contributed by atoms with Gasteiger partial charge in [0.1, 0.15) is 24.4 Å². The Balaban J connectivity index is 2.23. The molecule has 2 unspecified atom stereocenters. The first kappa shape index (κ1) is 56.2. The molecule has 1 saturated heterocycles. The molecule has 9 nitrogen and oxygen atoms in total. The largest absolute Gasteiger partial charge is 0.390 e. The van der Waals surface area contributed by atoms with Crippen molar-refractivity contribution in [3.8, 4) is 0 Å². The number of carbonyl (C=O) groups is 1. The van der Waals surface area contributed by atoms with Crippen LogP contribution in [-0.4, -0.2) is 87.0 Å². The summed E-state index contributed by atoms with van der Waals surface area (Å²) in [5, 5.41) is 55.7. The Morgan fingerprint density at radius 2 is 0.847 bits per heavy atom. The second-order valence-electron chi connectivity index (χ2n) is 18.5. The minimum Gasteiger partial charge on any atom is -0.390 e. The van der Waals surface area contributed by atoms with Crippen LogP contribution in [0.15, 0.2) is 0 Å². The lowest BCUT2D eigenvalue weighted by molar-refractivity contribution is -0.295. The summed E-state index contributed by atoms with van der Waals surface area (Å²) in [6.07, 6.45) is 37.1. The van der Waals surface area contributed by atoms with Crippen LogP contribution < -0.4 is 5.32 Å². The zero-order valence-electron chi connectivity index (χ0n) is 38.9. The van der Waals surface area contributed by atoms with Crippen molar-refractivity contribution >= 4 is 5.91 Å². The molecule has 1 aliphatic rings. The number of nitrogens with one attached hydrogen (secondary N) is 1. The van der Waals surface area contributed by atoms with E-state index in [0.717, 1.165) is 38.5 Å². The lowest BCUT2D eigenvalue weighted by Crippen LogP contribution is -2.58. The fourth-order valence-electron chi connectivity index (χ4n) is 8.56. The molecular weight excluding hydrogens is 743 g/mol. The number of rotatable bonds is 43. The van der Waals surface area contributed by atoms with Crippen molar-refractivity contribution in [3.05, 3.63) is 0 Å². The van der Waals surface area contributed by atoms with Crippen molar-refractivity contribution < 1.29 is 39.8 Å². The maximum atomic E-state index is 13.0. The molecule has 0 spiro atoms. The lowest BCUT2D eigenvalue weighted by atomic mass is 9.98. The van der Waals surface area contributed by atoms with Crippen LogP contribution >= 0.6 is 0 Å². The highest BCUT2D eigenvalue weighted by atomic mass is 16.7. The standard InChI is InChI=1S/C50H99NO8/c1-4-6-8-10-12-14-16-18-19-20-21-22-23-24-25-26-27-28-30-32-34-36-38-40-45(53)51-43(41-58-50-49(57)48(56)46(54)42(3)59-50)47(55)44(52)39-37-35-33-31-29-17-15-13-11-9-7-5-2/h42-44,46-50,52,54-57H,4-41H2,1-3H3,(H,51,53)/t42?,43-,44+,46-,47-,48+,49?,50+/m0/s1. The predicted octanol–water partition coefficient (Wildman–Crippen LogP) is 11.5. The van der Waals surface area contributed by atoms with Crippen LogP contribution in [0.3, 0.4) is 0 Å². The first-order chi connectivity index (χ1) is 28.7. The first-order valence-electron chi connectivity index (χ1n) is 25.7. The molecule has 0 aromatic carbocycles. The fraction of sp³-hybridized carbons (Fsp3) is 0.980. The maximum Gasteiger partial charge on any atom is 0.220 e. The van der Waals surface area contributed by atoms with Crippen LogP contribution in [0, 0.1) is 0 Å². The fourth-order valence-corrected chi connectivity index (χ4v) is 8.56. The number of aliphatic hydroxyl groups excluding tert-OH is 5. The van der Waals surface area contributed by atoms with Gasteiger partial charge in [0, 0.05) is 6.42 Å². The summed E-state index contributed by atoms with van der Waals surface area (Å²) in [7, 11) is 0. The Kier molecular flexibility index (Phi) is 38.1. The summed E-state index contributed by atoms with van der Waals surface area (Å²) in [6, 6.07) is -0.922. The number of aliphatic hydroxyl groups is 5. The molecule has 1 heterocycles. The van der Waals surface area contributed by atoms with E-state index >= 15 is 0 Å². The van der Waals surface area contributed by atoms with E-state index in [1.165, 1.54) is 186 Å². The van der Waals surface area contributed by atoms with Crippen molar-refractivity contribution in [1.82, 2.24) is 5.32 Å². The maximum absolute atomic E-state index is 13.0. The van der Waals surface area contributed by atoms with Gasteiger partial charge in [0.25, 0.3) is 0 Å². The summed E-state index contributed by atoms with van der Waals surface area (Å²) < 4.78 is 11.3. The van der Waals surface area contributed by atoms with Crippen molar-refractivity contribution in [2.24, 2.45) is 0 Å². The molecule has 9 heteroatoms. The van der Waals surface area contributed by atoms with Crippen LogP contribution in [0.2, 0.25) is 0 Å². The predicted molar refractivity (Wildman–Crippen MR) is 244 cm³/mol. The molecule has 0 radical (unpaired) electrons. The van der Waals surface area contributed by atoms with Crippen molar-refractivity contribution in [2.45, 2.75) is 307 Å². The molecule has 0 bridgehead atoms. The van der Waals surface area contributed by atoms with E-state index in [2.05, 4.69) is 19.2 Å². The number of unbranched alkanes of at least 4 members (excludes halogenated alkanes) is 33. The number of hydrogen-bond acceptors (Lipinski definition) is 8. The Bertz CT molecular complexity index is 910. The number of carbonyl (C=O) groups excluding carboxylic acids is 1. The van der Waals surface area contributed by atoms with Gasteiger partial charge in [-0.15, -0.1) is 0 Å². The molecule has 1 rings (SSSR count). The van der Waals surface area contributed by atoms with Gasteiger partial charge in [-0.05, 0) is 19.8 Å². The van der Waals surface area contributed by atoms with Gasteiger partial charge >= 0.3 is 0 Å². The van der Waals surface area contributed by atoms with Gasteiger partial charge in [-0.25, -0.2) is 0 Å². The minimum absolute atomic E-state index is 0.215. The molecule has 8 atom stereocenters. The third kappa shape index (κ3) is 30.8. The Labute approximate surface area is 364 Å². The summed E-state index contributed by atoms with van der Waals surface area (Å²) in [5.41, 5.74) is 0. The second kappa shape index (κ2) is 40.0. The van der Waals surface area contributed by atoms with E-state index in [1.54, 1.807) is 6.92 Å². The van der Waals surface area contributed by atoms with Crippen LogP contribution in [0.5, 0.6) is 0 Å². The normalized spacial score (nSPS) is 21.1. The van der Waals surface area contributed by atoms with Gasteiger partial charge in [0.2, 0.25) is 5.91 Å². The topological polar surface area (TPSA) is 149 Å². The molecular formula is C50H99NO8. The zero-order valence-corrected chi connectivity index (χ0v) is 38.9. The van der Waals surface area contributed by atoms with E-state index in [-0.39, 0.29) is 12.5 Å². The minimum atomic E-state index is -1.49. The average molecular weight is 842 g/mol. The van der Waals surface area contributed by atoms with Gasteiger partial charge in [0.15, 0.2) is 6.29 Å². The van der Waals surface area contributed by atoms with Crippen molar-refractivity contribution in [3.63, 3.8) is 0 Å². The van der Waals surface area contributed by atoms with Crippen LogP contribution in [0.1, 0.15) is 258 Å². The van der Waals surface area contributed by atoms with Gasteiger partial charge in [-0.3, -0.25) is 4.79 Å². The lowest BCUT2D eigenvalue weighted by Gasteiger charge is -2.39. The summed E-state index contributed by atoms with van der Waals surface area (Å²) in [6.45, 7) is 5.88. The van der Waals surface area contributed by atoms with Crippen LogP contribution in [0.4, 0.5) is 0 Å². The SMILES string of the molecule is CCCCCCCCCCCCCCCCCCCCCCCCCC(=O)N[C@@H](CO[C@@H]1OC(C)[C@H](O)[C@@H](O)C1O)[C@H](O)[C@H](O)CCCCCCCCCCCCCC. The average Bonchev–Trinajstić information content (AvgIpc) is 3.23. The monoisotopic (exact) mass is 842 g/mol. The van der Waals surface area contributed by atoms with E-state index in [9.17, 15) is 30.3 Å². The zero-order chi connectivity index (χ0) is 43.2. The summed E-state index contributed by atoms with van der Waals surface area (Å²) in [5.74, 6) is -0.215. The van der Waals surface area contributed by atoms with Crippen LogP contribution in [-0.2, 0) is 14.3 Å². The smallest absolute Gasteiger partial charge is 0.220 e. The van der Waals surface area contributed by atoms with Crippen LogP contribution in [0.25, 0.3) is 0 Å². The van der Waals surface area contributed by atoms with Gasteiger partial charge < -0.3 is 40.3 Å². The van der Waals surface area contributed by atoms with Gasteiger partial charge in [0.05, 0.1) is 24.9 Å². The molecule has 0 aromatic rings. The van der Waals surface area contributed by atoms with Gasteiger partial charge in [-0.1, -0.05) is 232 Å². The van der Waals surface area contributed by atoms with E-state index < -0.39 is 49.0 Å². The quantitative estimate of drug-likeness (QED) is 0.0332. The number of hydrogen-bond donors (Lipinski definition) is 6. The molecule has 1 amide bonds. The summed E-state index contributed by atoms with van der Waals surface area (Å²) in [4.78, 5) is 13.0. The third-order valence-corrected chi connectivity index (χ3v) is 12.8. The second-order valence-corrected chi connectivity index (χ2v) is 18.5.